The van der Waals surface area contributed by atoms with Gasteiger partial charge in [-0.1, -0.05) is 6.07 Å². The second-order valence-electron chi connectivity index (χ2n) is 4.28. The number of hydrogen-bond donors (Lipinski definition) is 1. The summed E-state index contributed by atoms with van der Waals surface area (Å²) in [6.45, 7) is 0. The third kappa shape index (κ3) is 2.17. The largest absolute Gasteiger partial charge is 0.349 e. The van der Waals surface area contributed by atoms with Crippen LogP contribution in [0.15, 0.2) is 34.9 Å². The second kappa shape index (κ2) is 4.11. The van der Waals surface area contributed by atoms with Gasteiger partial charge in [0.25, 0.3) is 5.91 Å². The van der Waals surface area contributed by atoms with E-state index in [2.05, 4.69) is 26.2 Å². The number of aromatic nitrogens is 1. The van der Waals surface area contributed by atoms with E-state index in [1.807, 2.05) is 24.3 Å². The first kappa shape index (κ1) is 10.7. The molecule has 1 amide bonds. The lowest BCUT2D eigenvalue weighted by Crippen LogP contribution is -2.25. The van der Waals surface area contributed by atoms with Crippen molar-refractivity contribution in [3.8, 4) is 0 Å². The first-order valence-corrected chi connectivity index (χ1v) is 6.38. The van der Waals surface area contributed by atoms with Gasteiger partial charge in [0.2, 0.25) is 0 Å². The monoisotopic (exact) mass is 290 g/mol. The van der Waals surface area contributed by atoms with E-state index in [1.165, 1.54) is 0 Å². The fraction of sp³-hybridized carbons (Fsp3) is 0.231. The van der Waals surface area contributed by atoms with E-state index in [-0.39, 0.29) is 5.91 Å². The molecule has 0 saturated heterocycles. The van der Waals surface area contributed by atoms with Crippen molar-refractivity contribution in [1.82, 2.24) is 10.3 Å². The second-order valence-corrected chi connectivity index (χ2v) is 5.14. The van der Waals surface area contributed by atoms with Crippen LogP contribution in [0.1, 0.15) is 23.2 Å². The molecule has 0 bridgehead atoms. The molecule has 1 N–H and O–H groups in total. The Kier molecular flexibility index (Phi) is 2.59. The standard InChI is InChI=1S/C13H11BrN2O/c14-11-7-9(13(17)16-10-3-4-10)6-8-2-1-5-15-12(8)11/h1-2,5-7,10H,3-4H2,(H,16,17). The van der Waals surface area contributed by atoms with Gasteiger partial charge in [-0.15, -0.1) is 0 Å². The van der Waals surface area contributed by atoms with E-state index in [1.54, 1.807) is 6.20 Å². The van der Waals surface area contributed by atoms with E-state index in [0.29, 0.717) is 11.6 Å². The van der Waals surface area contributed by atoms with Gasteiger partial charge in [0.05, 0.1) is 5.52 Å². The van der Waals surface area contributed by atoms with Crippen LogP contribution in [-0.4, -0.2) is 16.9 Å². The molecule has 86 valence electrons. The summed E-state index contributed by atoms with van der Waals surface area (Å²) in [6, 6.07) is 7.92. The molecule has 0 radical (unpaired) electrons. The van der Waals surface area contributed by atoms with Gasteiger partial charge in [-0.2, -0.15) is 0 Å². The molecule has 3 rings (SSSR count). The lowest BCUT2D eigenvalue weighted by molar-refractivity contribution is 0.0951. The number of pyridine rings is 1. The molecule has 1 aliphatic rings. The maximum Gasteiger partial charge on any atom is 0.251 e. The van der Waals surface area contributed by atoms with Gasteiger partial charge < -0.3 is 5.32 Å². The number of nitrogens with zero attached hydrogens (tertiary/aromatic N) is 1. The molecule has 2 aromatic rings. The molecular formula is C13H11BrN2O. The van der Waals surface area contributed by atoms with E-state index >= 15 is 0 Å². The first-order chi connectivity index (χ1) is 8.24. The summed E-state index contributed by atoms with van der Waals surface area (Å²) in [7, 11) is 0. The molecule has 1 aliphatic carbocycles. The molecule has 3 nitrogen and oxygen atoms in total. The Balaban J connectivity index is 2.02. The summed E-state index contributed by atoms with van der Waals surface area (Å²) >= 11 is 3.46. The summed E-state index contributed by atoms with van der Waals surface area (Å²) in [5.41, 5.74) is 1.57. The quantitative estimate of drug-likeness (QED) is 0.924. The van der Waals surface area contributed by atoms with E-state index in [9.17, 15) is 4.79 Å². The molecule has 1 aromatic heterocycles. The highest BCUT2D eigenvalue weighted by molar-refractivity contribution is 9.10. The summed E-state index contributed by atoms with van der Waals surface area (Å²) in [5, 5.41) is 3.96. The van der Waals surface area contributed by atoms with Gasteiger partial charge in [-0.25, -0.2) is 0 Å². The highest BCUT2D eigenvalue weighted by atomic mass is 79.9. The molecule has 0 unspecified atom stereocenters. The maximum atomic E-state index is 11.9. The summed E-state index contributed by atoms with van der Waals surface area (Å²) in [4.78, 5) is 16.2. The maximum absolute atomic E-state index is 11.9. The van der Waals surface area contributed by atoms with Crippen LogP contribution in [0.2, 0.25) is 0 Å². The Hall–Kier alpha value is -1.42. The zero-order chi connectivity index (χ0) is 11.8. The fourth-order valence-electron chi connectivity index (χ4n) is 1.78. The Morgan fingerprint density at radius 3 is 3.00 bits per heavy atom. The average molecular weight is 291 g/mol. The van der Waals surface area contributed by atoms with Gasteiger partial charge in [-0.3, -0.25) is 9.78 Å². The predicted octanol–water partition coefficient (Wildman–Crippen LogP) is 2.89. The van der Waals surface area contributed by atoms with Gasteiger partial charge in [0.1, 0.15) is 0 Å². The highest BCUT2D eigenvalue weighted by Gasteiger charge is 2.24. The molecule has 4 heteroatoms. The van der Waals surface area contributed by atoms with Crippen molar-refractivity contribution in [3.05, 3.63) is 40.5 Å². The molecule has 0 spiro atoms. The van der Waals surface area contributed by atoms with Crippen LogP contribution < -0.4 is 5.32 Å². The summed E-state index contributed by atoms with van der Waals surface area (Å²) < 4.78 is 0.858. The van der Waals surface area contributed by atoms with Crippen LogP contribution in [0.4, 0.5) is 0 Å². The molecular weight excluding hydrogens is 280 g/mol. The molecule has 0 atom stereocenters. The number of benzene rings is 1. The van der Waals surface area contributed by atoms with Crippen LogP contribution >= 0.6 is 15.9 Å². The molecule has 0 aliphatic heterocycles. The van der Waals surface area contributed by atoms with Crippen LogP contribution in [0, 0.1) is 0 Å². The number of carbonyl (C=O) groups excluding carboxylic acids is 1. The Morgan fingerprint density at radius 1 is 1.41 bits per heavy atom. The van der Waals surface area contributed by atoms with Crippen LogP contribution in [0.5, 0.6) is 0 Å². The average Bonchev–Trinajstić information content (AvgIpc) is 3.13. The molecule has 1 heterocycles. The Morgan fingerprint density at radius 2 is 2.24 bits per heavy atom. The van der Waals surface area contributed by atoms with E-state index in [4.69, 9.17) is 0 Å². The zero-order valence-electron chi connectivity index (χ0n) is 9.11. The lowest BCUT2D eigenvalue weighted by Gasteiger charge is -2.06. The fourth-order valence-corrected chi connectivity index (χ4v) is 2.35. The Labute approximate surface area is 107 Å². The normalized spacial score (nSPS) is 14.9. The lowest BCUT2D eigenvalue weighted by atomic mass is 10.1. The molecule has 17 heavy (non-hydrogen) atoms. The SMILES string of the molecule is O=C(NC1CC1)c1cc(Br)c2ncccc2c1. The van der Waals surface area contributed by atoms with E-state index in [0.717, 1.165) is 28.2 Å². The van der Waals surface area contributed by atoms with Gasteiger partial charge in [-0.05, 0) is 47.0 Å². The summed E-state index contributed by atoms with van der Waals surface area (Å²) in [6.07, 6.45) is 3.95. The molecule has 1 saturated carbocycles. The van der Waals surface area contributed by atoms with Crippen molar-refractivity contribution in [2.45, 2.75) is 18.9 Å². The molecule has 1 fully saturated rings. The van der Waals surface area contributed by atoms with Crippen molar-refractivity contribution in [1.29, 1.82) is 0 Å². The smallest absolute Gasteiger partial charge is 0.251 e. The molecule has 1 aromatic carbocycles. The number of amides is 1. The minimum absolute atomic E-state index is 0.000969. The minimum atomic E-state index is -0.000969. The number of nitrogens with one attached hydrogen (secondary N) is 1. The van der Waals surface area contributed by atoms with Crippen LogP contribution in [0.25, 0.3) is 10.9 Å². The topological polar surface area (TPSA) is 42.0 Å². The number of hydrogen-bond acceptors (Lipinski definition) is 2. The third-order valence-corrected chi connectivity index (χ3v) is 3.44. The highest BCUT2D eigenvalue weighted by Crippen LogP contribution is 2.25. The number of rotatable bonds is 2. The summed E-state index contributed by atoms with van der Waals surface area (Å²) in [5.74, 6) is -0.000969. The van der Waals surface area contributed by atoms with Crippen LogP contribution in [0.3, 0.4) is 0 Å². The predicted molar refractivity (Wildman–Crippen MR) is 69.9 cm³/mol. The zero-order valence-corrected chi connectivity index (χ0v) is 10.7. The van der Waals surface area contributed by atoms with Crippen molar-refractivity contribution in [2.75, 3.05) is 0 Å². The number of fused-ring (bicyclic) bond motifs is 1. The van der Waals surface area contributed by atoms with E-state index < -0.39 is 0 Å². The first-order valence-electron chi connectivity index (χ1n) is 5.59. The van der Waals surface area contributed by atoms with Crippen LogP contribution in [-0.2, 0) is 0 Å². The third-order valence-electron chi connectivity index (χ3n) is 2.83. The minimum Gasteiger partial charge on any atom is -0.349 e. The van der Waals surface area contributed by atoms with Crippen molar-refractivity contribution >= 4 is 32.7 Å². The van der Waals surface area contributed by atoms with Crippen molar-refractivity contribution in [2.24, 2.45) is 0 Å². The van der Waals surface area contributed by atoms with Gasteiger partial charge >= 0.3 is 0 Å². The van der Waals surface area contributed by atoms with Gasteiger partial charge in [0.15, 0.2) is 0 Å². The van der Waals surface area contributed by atoms with Crippen molar-refractivity contribution < 1.29 is 4.79 Å². The number of halogens is 1. The van der Waals surface area contributed by atoms with Gasteiger partial charge in [0, 0.05) is 27.7 Å². The van der Waals surface area contributed by atoms with Crippen molar-refractivity contribution in [3.63, 3.8) is 0 Å². The Bertz CT molecular complexity index is 593. The number of carbonyl (C=O) groups is 1.